The van der Waals surface area contributed by atoms with Crippen molar-refractivity contribution < 1.29 is 19.2 Å². The third kappa shape index (κ3) is 15.9. The van der Waals surface area contributed by atoms with Crippen molar-refractivity contribution in [3.8, 4) is 0 Å². The van der Waals surface area contributed by atoms with Gasteiger partial charge < -0.3 is 0 Å². The second-order valence-electron chi connectivity index (χ2n) is 34.6. The Morgan fingerprint density at radius 1 is 0.325 bits per heavy atom. The zero-order valence-corrected chi connectivity index (χ0v) is 71.8. The minimum absolute atomic E-state index is 0.0445. The Morgan fingerprint density at radius 3 is 0.875 bits per heavy atom. The first-order valence-corrected chi connectivity index (χ1v) is 45.5. The molecule has 0 radical (unpaired) electrons. The number of thiazole rings is 4. The Kier molecular flexibility index (Phi) is 21.7. The Hall–Kier alpha value is -10.4. The van der Waals surface area contributed by atoms with E-state index in [1.54, 1.807) is 113 Å². The number of aryl methyl sites for hydroxylation is 2. The van der Waals surface area contributed by atoms with Crippen LogP contribution in [-0.4, -0.2) is 191 Å². The molecule has 4 atom stereocenters. The highest BCUT2D eigenvalue weighted by atomic mass is 32.1. The van der Waals surface area contributed by atoms with Gasteiger partial charge in [0.1, 0.15) is 11.6 Å². The average Bonchev–Trinajstić information content (AvgIpc) is 1.62. The second kappa shape index (κ2) is 32.8. The predicted molar refractivity (Wildman–Crippen MR) is 472 cm³/mol. The van der Waals surface area contributed by atoms with Crippen LogP contribution in [0.4, 0.5) is 23.5 Å². The fourth-order valence-corrected chi connectivity index (χ4v) is 22.5. The Bertz CT molecular complexity index is 5730. The molecule has 4 spiro atoms. The van der Waals surface area contributed by atoms with E-state index < -0.39 is 0 Å². The van der Waals surface area contributed by atoms with Crippen molar-refractivity contribution in [2.45, 2.75) is 143 Å². The third-order valence-electron chi connectivity index (χ3n) is 27.3. The van der Waals surface area contributed by atoms with Crippen LogP contribution in [0.25, 0.3) is 52.2 Å². The fourth-order valence-electron chi connectivity index (χ4n) is 19.9. The van der Waals surface area contributed by atoms with Gasteiger partial charge in [0.25, 0.3) is 0 Å². The molecule has 4 amide bonds. The largest absolute Gasteiger partial charge is 0.297 e. The van der Waals surface area contributed by atoms with Crippen LogP contribution in [0.3, 0.4) is 0 Å². The molecule has 0 saturated carbocycles. The first kappa shape index (κ1) is 79.4. The molecule has 30 heteroatoms. The molecule has 616 valence electrons. The maximum Gasteiger partial charge on any atom is 0.232 e. The van der Waals surface area contributed by atoms with E-state index in [1.807, 2.05) is 70.0 Å². The fraction of sp³-hybridized carbons (Fsp3) is 0.422. The minimum atomic E-state index is 0.0445. The van der Waals surface area contributed by atoms with Crippen LogP contribution < -0.4 is 19.6 Å². The van der Waals surface area contributed by atoms with Gasteiger partial charge in [0.2, 0.25) is 35.5 Å². The molecule has 4 aromatic carbocycles. The highest BCUT2D eigenvalue weighted by molar-refractivity contribution is 7.17. The maximum absolute atomic E-state index is 13.1. The molecule has 10 aromatic heterocycles. The minimum Gasteiger partial charge on any atom is -0.297 e. The normalized spacial score (nSPS) is 20.4. The van der Waals surface area contributed by atoms with Gasteiger partial charge in [0, 0.05) is 136 Å². The van der Waals surface area contributed by atoms with E-state index in [-0.39, 0.29) is 45.3 Å². The third-order valence-corrected chi connectivity index (χ3v) is 30.6. The monoisotopic (exact) mass is 1680 g/mol. The van der Waals surface area contributed by atoms with Gasteiger partial charge in [-0.2, -0.15) is 19.2 Å². The van der Waals surface area contributed by atoms with Crippen molar-refractivity contribution in [2.24, 2.45) is 21.7 Å². The summed E-state index contributed by atoms with van der Waals surface area (Å²) in [6.45, 7) is 24.1. The Labute approximate surface area is 712 Å². The van der Waals surface area contributed by atoms with Gasteiger partial charge in [-0.15, -0.1) is 45.3 Å². The van der Waals surface area contributed by atoms with Crippen molar-refractivity contribution in [1.29, 1.82) is 0 Å². The van der Waals surface area contributed by atoms with Crippen molar-refractivity contribution in [3.63, 3.8) is 0 Å². The SMILES string of the molecule is C[C@@H](c1ccc2scnc2c1)N1CCC2(CC1)CC(=O)N(c1ncccn1)C2.C[C@H](c1ccc2scnc2c1)N1CCC2(CC1)CC(=O)N(c1ncccn1)C2.Cc1cc(N2CC3(CCN([C@@H](C)c4ccc5scnc5c4)CC3)CC2=O)n2nccc2n1.Cc1cc(N2CC3(CCN([C@H](C)c4ccc5scnc5c4)CC3)CC2=O)n2nccc2n1. The second-order valence-corrected chi connectivity index (χ2v) is 38.1. The molecule has 22 rings (SSSR count). The summed E-state index contributed by atoms with van der Waals surface area (Å²) in [6.07, 6.45) is 21.0. The van der Waals surface area contributed by atoms with E-state index in [0.717, 1.165) is 186 Å². The number of piperidine rings is 4. The summed E-state index contributed by atoms with van der Waals surface area (Å²) in [6, 6.07) is 39.2. The molecule has 120 heavy (non-hydrogen) atoms. The van der Waals surface area contributed by atoms with Gasteiger partial charge in [-0.3, -0.25) is 58.4 Å². The van der Waals surface area contributed by atoms with Crippen LogP contribution in [0.1, 0.15) is 163 Å². The first-order valence-electron chi connectivity index (χ1n) is 42.0. The molecular weight excluding hydrogens is 1580 g/mol. The van der Waals surface area contributed by atoms with Gasteiger partial charge >= 0.3 is 0 Å². The van der Waals surface area contributed by atoms with Gasteiger partial charge in [-0.25, -0.2) is 49.8 Å². The van der Waals surface area contributed by atoms with Gasteiger partial charge in [0.15, 0.2) is 11.3 Å². The highest BCUT2D eigenvalue weighted by Crippen LogP contribution is 2.49. The Morgan fingerprint density at radius 2 is 0.592 bits per heavy atom. The number of hydrogen-bond acceptors (Lipinski definition) is 24. The van der Waals surface area contributed by atoms with Gasteiger partial charge in [-0.1, -0.05) is 24.3 Å². The number of hydrogen-bond donors (Lipinski definition) is 0. The van der Waals surface area contributed by atoms with Crippen LogP contribution in [0, 0.1) is 35.5 Å². The van der Waals surface area contributed by atoms with E-state index >= 15 is 0 Å². The number of carbonyl (C=O) groups excluding carboxylic acids is 4. The number of fused-ring (bicyclic) bond motifs is 6. The van der Waals surface area contributed by atoms with Gasteiger partial charge in [-0.05, 0) is 250 Å². The van der Waals surface area contributed by atoms with E-state index in [1.165, 1.54) is 41.1 Å². The molecule has 0 N–H and O–H groups in total. The summed E-state index contributed by atoms with van der Waals surface area (Å²) in [5.74, 6) is 3.46. The topological polar surface area (TPSA) is 258 Å². The lowest BCUT2D eigenvalue weighted by Crippen LogP contribution is -2.42. The summed E-state index contributed by atoms with van der Waals surface area (Å²) in [5.41, 5.74) is 20.8. The molecule has 0 bridgehead atoms. The first-order chi connectivity index (χ1) is 58.3. The van der Waals surface area contributed by atoms with Gasteiger partial charge in [0.05, 0.1) is 75.3 Å². The van der Waals surface area contributed by atoms with Crippen LogP contribution in [-0.2, 0) is 19.2 Å². The predicted octanol–water partition coefficient (Wildman–Crippen LogP) is 15.8. The maximum atomic E-state index is 13.1. The summed E-state index contributed by atoms with van der Waals surface area (Å²) < 4.78 is 8.52. The number of nitrogens with zero attached hydrogens (tertiary/aromatic N) is 22. The number of aromatic nitrogens is 14. The van der Waals surface area contributed by atoms with E-state index in [4.69, 9.17) is 0 Å². The standard InChI is InChI=1S/2C24H26N6OS.2C21H23N5OS/c2*1-16-11-22(30-21(27-16)5-8-26-30)29-14-24(13-23(29)31)6-9-28(10-7-24)17(2)18-3-4-20-19(12-18)25-15-32-20;2*1-15(16-3-4-18-17(11-16)24-14-28-18)25-9-5-21(6-10-25)12-19(27)26(13-21)20-22-7-2-8-23-20/h2*3-5,8,11-12,15,17H,6-7,9-10,13-14H2,1-2H3;2*2-4,7-8,11,14-15H,5-6,9-10,12-13H2,1H3/t2*17-;2*15-/m1010/s1. The molecule has 8 saturated heterocycles. The molecule has 0 aliphatic carbocycles. The Balaban J connectivity index is 0.000000106. The summed E-state index contributed by atoms with van der Waals surface area (Å²) in [7, 11) is 0. The number of benzene rings is 4. The van der Waals surface area contributed by atoms with Crippen LogP contribution in [0.2, 0.25) is 0 Å². The molecule has 26 nitrogen and oxygen atoms in total. The number of anilines is 4. The van der Waals surface area contributed by atoms with E-state index in [9.17, 15) is 19.2 Å². The number of likely N-dealkylation sites (tertiary alicyclic amines) is 4. The number of amides is 4. The molecule has 0 unspecified atom stereocenters. The molecule has 8 aliphatic rings. The van der Waals surface area contributed by atoms with Crippen LogP contribution in [0.5, 0.6) is 0 Å². The van der Waals surface area contributed by atoms with Crippen molar-refractivity contribution in [2.75, 3.05) is 98.1 Å². The smallest absolute Gasteiger partial charge is 0.232 e. The molecule has 8 fully saturated rings. The molecular formula is C90H98N22O4S4. The van der Waals surface area contributed by atoms with Crippen molar-refractivity contribution >= 4 is 145 Å². The highest BCUT2D eigenvalue weighted by Gasteiger charge is 2.51. The lowest BCUT2D eigenvalue weighted by molar-refractivity contribution is -0.119. The summed E-state index contributed by atoms with van der Waals surface area (Å²) >= 11 is 6.74. The molecule has 8 aliphatic heterocycles. The zero-order valence-electron chi connectivity index (χ0n) is 68.6. The lowest BCUT2D eigenvalue weighted by atomic mass is 9.77. The van der Waals surface area contributed by atoms with E-state index in [0.29, 0.717) is 61.7 Å². The van der Waals surface area contributed by atoms with Crippen LogP contribution >= 0.6 is 45.3 Å². The molecule has 18 heterocycles. The molecule has 14 aromatic rings. The average molecular weight is 1680 g/mol. The lowest BCUT2D eigenvalue weighted by Gasteiger charge is -2.41. The van der Waals surface area contributed by atoms with Crippen LogP contribution in [0.15, 0.2) is 168 Å². The van der Waals surface area contributed by atoms with E-state index in [2.05, 4.69) is 180 Å². The zero-order chi connectivity index (χ0) is 82.0. The van der Waals surface area contributed by atoms with Crippen molar-refractivity contribution in [1.82, 2.24) is 88.7 Å². The quantitative estimate of drug-likeness (QED) is 0.110. The summed E-state index contributed by atoms with van der Waals surface area (Å²) in [4.78, 5) is 113. The number of rotatable bonds is 12. The number of carbonyl (C=O) groups is 4. The van der Waals surface area contributed by atoms with Crippen molar-refractivity contribution in [3.05, 3.63) is 202 Å². The summed E-state index contributed by atoms with van der Waals surface area (Å²) in [5, 5.41) is 8.81.